The number of carboxylic acid groups (broad SMARTS) is 1. The van der Waals surface area contributed by atoms with E-state index in [1.54, 1.807) is 17.4 Å². The van der Waals surface area contributed by atoms with Crippen LogP contribution in [0.25, 0.3) is 5.57 Å². The summed E-state index contributed by atoms with van der Waals surface area (Å²) in [5.74, 6) is -0.786. The van der Waals surface area contributed by atoms with Gasteiger partial charge in [0.15, 0.2) is 0 Å². The molecule has 1 heterocycles. The van der Waals surface area contributed by atoms with E-state index in [4.69, 9.17) is 5.11 Å². The lowest BCUT2D eigenvalue weighted by atomic mass is 10.1. The lowest BCUT2D eigenvalue weighted by Gasteiger charge is -1.99. The molecule has 0 atom stereocenters. The second-order valence-electron chi connectivity index (χ2n) is 2.78. The van der Waals surface area contributed by atoms with E-state index in [0.29, 0.717) is 0 Å². The van der Waals surface area contributed by atoms with Crippen LogP contribution in [-0.2, 0) is 4.79 Å². The Balaban J connectivity index is 2.81. The van der Waals surface area contributed by atoms with Crippen molar-refractivity contribution in [3.63, 3.8) is 0 Å². The monoisotopic (exact) mass is 274 g/mol. The molecule has 1 aromatic heterocycles. The van der Waals surface area contributed by atoms with E-state index >= 15 is 0 Å². The first-order chi connectivity index (χ1) is 6.63. The minimum Gasteiger partial charge on any atom is -0.481 e. The highest BCUT2D eigenvalue weighted by atomic mass is 79.9. The van der Waals surface area contributed by atoms with Gasteiger partial charge in [-0.05, 0) is 40.1 Å². The van der Waals surface area contributed by atoms with Crippen LogP contribution in [0.3, 0.4) is 0 Å². The third-order valence-corrected chi connectivity index (χ3v) is 3.49. The Kier molecular flexibility index (Phi) is 4.35. The number of carboxylic acids is 1. The summed E-state index contributed by atoms with van der Waals surface area (Å²) in [6.07, 6.45) is 2.74. The van der Waals surface area contributed by atoms with E-state index in [9.17, 15) is 4.79 Å². The van der Waals surface area contributed by atoms with Crippen LogP contribution in [0.15, 0.2) is 22.0 Å². The Hall–Kier alpha value is -0.610. The summed E-state index contributed by atoms with van der Waals surface area (Å²) in [5, 5.41) is 8.56. The number of aliphatic carboxylic acids is 1. The first-order valence-electron chi connectivity index (χ1n) is 4.30. The summed E-state index contributed by atoms with van der Waals surface area (Å²) in [6, 6.07) is 3.98. The first-order valence-corrected chi connectivity index (χ1v) is 5.91. The van der Waals surface area contributed by atoms with E-state index < -0.39 is 5.97 Å². The predicted octanol–water partition coefficient (Wildman–Crippen LogP) is 3.78. The van der Waals surface area contributed by atoms with Crippen LogP contribution < -0.4 is 0 Å². The highest BCUT2D eigenvalue weighted by Gasteiger charge is 2.03. The topological polar surface area (TPSA) is 37.3 Å². The molecule has 2 nitrogen and oxygen atoms in total. The molecule has 0 spiro atoms. The third-order valence-electron chi connectivity index (χ3n) is 1.79. The van der Waals surface area contributed by atoms with E-state index in [-0.39, 0.29) is 6.42 Å². The summed E-state index contributed by atoms with van der Waals surface area (Å²) in [4.78, 5) is 11.5. The Morgan fingerprint density at radius 1 is 1.64 bits per heavy atom. The minimum absolute atomic E-state index is 0.0959. The summed E-state index contributed by atoms with van der Waals surface area (Å²) in [5.41, 5.74) is 1.10. The number of rotatable bonds is 4. The normalized spacial score (nSPS) is 11.7. The van der Waals surface area contributed by atoms with Crippen molar-refractivity contribution in [1.82, 2.24) is 0 Å². The zero-order valence-electron chi connectivity index (χ0n) is 7.79. The second kappa shape index (κ2) is 5.32. The lowest BCUT2D eigenvalue weighted by Crippen LogP contribution is -1.91. The number of allylic oxidation sites excluding steroid dienone is 1. The molecule has 0 amide bonds. The number of thiophene rings is 1. The van der Waals surface area contributed by atoms with Crippen LogP contribution in [0.4, 0.5) is 0 Å². The Morgan fingerprint density at radius 2 is 2.36 bits per heavy atom. The van der Waals surface area contributed by atoms with Gasteiger partial charge in [0, 0.05) is 4.88 Å². The van der Waals surface area contributed by atoms with Crippen molar-refractivity contribution in [2.75, 3.05) is 0 Å². The largest absolute Gasteiger partial charge is 0.481 e. The highest BCUT2D eigenvalue weighted by Crippen LogP contribution is 2.29. The van der Waals surface area contributed by atoms with Gasteiger partial charge in [-0.15, -0.1) is 11.3 Å². The summed E-state index contributed by atoms with van der Waals surface area (Å²) < 4.78 is 1.07. The van der Waals surface area contributed by atoms with Crippen molar-refractivity contribution >= 4 is 38.8 Å². The van der Waals surface area contributed by atoms with Crippen LogP contribution >= 0.6 is 27.3 Å². The minimum atomic E-state index is -0.786. The molecule has 1 N–H and O–H groups in total. The molecule has 0 aromatic carbocycles. The smallest absolute Gasteiger partial charge is 0.307 e. The van der Waals surface area contributed by atoms with Gasteiger partial charge in [0.2, 0.25) is 0 Å². The van der Waals surface area contributed by atoms with Crippen LogP contribution in [0.5, 0.6) is 0 Å². The molecule has 0 aliphatic rings. The standard InChI is InChI=1S/C10H11BrO2S/c1-2-7(3-6-10(12)13)8-4-5-9(11)14-8/h3-5H,2,6H2,1H3,(H,12,13)/b7-3+. The van der Waals surface area contributed by atoms with Gasteiger partial charge in [-0.25, -0.2) is 0 Å². The molecule has 0 saturated heterocycles. The second-order valence-corrected chi connectivity index (χ2v) is 5.25. The fourth-order valence-corrected chi connectivity index (χ4v) is 2.61. The SMILES string of the molecule is CC/C(=C\CC(=O)O)c1ccc(Br)s1. The molecule has 14 heavy (non-hydrogen) atoms. The molecule has 76 valence electrons. The van der Waals surface area contributed by atoms with Crippen molar-refractivity contribution in [2.45, 2.75) is 19.8 Å². The van der Waals surface area contributed by atoms with E-state index in [2.05, 4.69) is 15.9 Å². The molecule has 1 aromatic rings. The van der Waals surface area contributed by atoms with Gasteiger partial charge in [-0.1, -0.05) is 13.0 Å². The highest BCUT2D eigenvalue weighted by molar-refractivity contribution is 9.11. The Labute approximate surface area is 95.4 Å². The van der Waals surface area contributed by atoms with E-state index in [1.807, 2.05) is 19.1 Å². The van der Waals surface area contributed by atoms with Gasteiger partial charge in [-0.2, -0.15) is 0 Å². The molecule has 0 aliphatic carbocycles. The third kappa shape index (κ3) is 3.27. The van der Waals surface area contributed by atoms with Gasteiger partial charge in [-0.3, -0.25) is 4.79 Å². The van der Waals surface area contributed by atoms with Gasteiger partial charge >= 0.3 is 5.97 Å². The maximum absolute atomic E-state index is 10.4. The number of carbonyl (C=O) groups is 1. The predicted molar refractivity (Wildman–Crippen MR) is 62.5 cm³/mol. The molecule has 0 radical (unpaired) electrons. The van der Waals surface area contributed by atoms with Crippen molar-refractivity contribution < 1.29 is 9.90 Å². The van der Waals surface area contributed by atoms with Gasteiger partial charge in [0.1, 0.15) is 0 Å². The molecule has 0 aliphatic heterocycles. The first kappa shape index (κ1) is 11.5. The fraction of sp³-hybridized carbons (Fsp3) is 0.300. The molecule has 0 bridgehead atoms. The maximum Gasteiger partial charge on any atom is 0.307 e. The average molecular weight is 275 g/mol. The lowest BCUT2D eigenvalue weighted by molar-refractivity contribution is -0.135. The maximum atomic E-state index is 10.4. The van der Waals surface area contributed by atoms with Crippen LogP contribution in [0, 0.1) is 0 Å². The molecule has 4 heteroatoms. The molecule has 1 rings (SSSR count). The summed E-state index contributed by atoms with van der Waals surface area (Å²) >= 11 is 5.01. The average Bonchev–Trinajstić information content (AvgIpc) is 2.53. The van der Waals surface area contributed by atoms with Crippen molar-refractivity contribution in [3.05, 3.63) is 26.9 Å². The number of halogens is 1. The zero-order chi connectivity index (χ0) is 10.6. The molecule has 0 saturated carbocycles. The fourth-order valence-electron chi connectivity index (χ4n) is 1.12. The summed E-state index contributed by atoms with van der Waals surface area (Å²) in [6.45, 7) is 2.03. The van der Waals surface area contributed by atoms with Gasteiger partial charge < -0.3 is 5.11 Å². The number of hydrogen-bond donors (Lipinski definition) is 1. The van der Waals surface area contributed by atoms with Crippen LogP contribution in [0.1, 0.15) is 24.6 Å². The molecule has 0 fully saturated rings. The van der Waals surface area contributed by atoms with Crippen molar-refractivity contribution in [3.8, 4) is 0 Å². The van der Waals surface area contributed by atoms with Crippen LogP contribution in [-0.4, -0.2) is 11.1 Å². The Bertz CT molecular complexity index is 355. The van der Waals surface area contributed by atoms with Gasteiger partial charge in [0.05, 0.1) is 10.2 Å². The van der Waals surface area contributed by atoms with E-state index in [0.717, 1.165) is 20.7 Å². The molecular weight excluding hydrogens is 264 g/mol. The van der Waals surface area contributed by atoms with Crippen molar-refractivity contribution in [1.29, 1.82) is 0 Å². The van der Waals surface area contributed by atoms with Gasteiger partial charge in [0.25, 0.3) is 0 Å². The quantitative estimate of drug-likeness (QED) is 0.908. The van der Waals surface area contributed by atoms with E-state index in [1.165, 1.54) is 0 Å². The molecule has 0 unspecified atom stereocenters. The molecular formula is C10H11BrO2S. The van der Waals surface area contributed by atoms with Crippen LogP contribution in [0.2, 0.25) is 0 Å². The zero-order valence-corrected chi connectivity index (χ0v) is 10.2. The number of hydrogen-bond acceptors (Lipinski definition) is 2. The Morgan fingerprint density at radius 3 is 2.79 bits per heavy atom. The van der Waals surface area contributed by atoms with Crippen molar-refractivity contribution in [2.24, 2.45) is 0 Å². The summed E-state index contributed by atoms with van der Waals surface area (Å²) in [7, 11) is 0.